The molecule has 0 aliphatic heterocycles. The van der Waals surface area contributed by atoms with Crippen molar-refractivity contribution in [2.45, 2.75) is 11.8 Å². The van der Waals surface area contributed by atoms with Gasteiger partial charge in [0.2, 0.25) is 0 Å². The van der Waals surface area contributed by atoms with Gasteiger partial charge in [0, 0.05) is 17.3 Å². The highest BCUT2D eigenvalue weighted by Gasteiger charge is 2.21. The van der Waals surface area contributed by atoms with Crippen molar-refractivity contribution in [3.63, 3.8) is 0 Å². The molecule has 1 amide bonds. The number of likely N-dealkylation sites (N-methyl/N-ethyl adjacent to an activating group) is 1. The predicted octanol–water partition coefficient (Wildman–Crippen LogP) is 4.35. The quantitative estimate of drug-likeness (QED) is 0.492. The lowest BCUT2D eigenvalue weighted by Crippen LogP contribution is -2.34. The summed E-state index contributed by atoms with van der Waals surface area (Å²) in [5.41, 5.74) is 0.711. The van der Waals surface area contributed by atoms with Crippen LogP contribution in [0.3, 0.4) is 0 Å². The molecule has 166 valence electrons. The van der Waals surface area contributed by atoms with Crippen LogP contribution in [0.1, 0.15) is 17.3 Å². The molecule has 0 bridgehead atoms. The highest BCUT2D eigenvalue weighted by atomic mass is 35.5. The molecule has 0 radical (unpaired) electrons. The van der Waals surface area contributed by atoms with Crippen molar-refractivity contribution in [1.82, 2.24) is 0 Å². The number of amides is 1. The molecule has 0 saturated carbocycles. The number of benzene rings is 3. The third-order valence-corrected chi connectivity index (χ3v) is 6.16. The molecule has 0 aliphatic carbocycles. The number of hydrogen-bond acceptors (Lipinski definition) is 5. The van der Waals surface area contributed by atoms with Gasteiger partial charge in [-0.05, 0) is 55.5 Å². The van der Waals surface area contributed by atoms with Crippen molar-refractivity contribution in [1.29, 1.82) is 0 Å². The van der Waals surface area contributed by atoms with Gasteiger partial charge >= 0.3 is 5.97 Å². The van der Waals surface area contributed by atoms with Crippen molar-refractivity contribution >= 4 is 44.9 Å². The van der Waals surface area contributed by atoms with E-state index in [4.69, 9.17) is 16.3 Å². The summed E-state index contributed by atoms with van der Waals surface area (Å²) in [6.07, 6.45) is 0. The Hall–Kier alpha value is -3.36. The average Bonchev–Trinajstić information content (AvgIpc) is 2.79. The van der Waals surface area contributed by atoms with Gasteiger partial charge in [0.05, 0.1) is 16.1 Å². The van der Waals surface area contributed by atoms with Gasteiger partial charge in [-0.1, -0.05) is 41.9 Å². The van der Waals surface area contributed by atoms with E-state index in [9.17, 15) is 18.0 Å². The first kappa shape index (κ1) is 23.3. The molecular weight excluding hydrogens is 452 g/mol. The lowest BCUT2D eigenvalue weighted by molar-refractivity contribution is -0.121. The van der Waals surface area contributed by atoms with Crippen LogP contribution in [0.2, 0.25) is 5.02 Å². The largest absolute Gasteiger partial charge is 0.452 e. The number of hydrogen-bond donors (Lipinski definition) is 1. The molecule has 0 atom stereocenters. The number of esters is 1. The lowest BCUT2D eigenvalue weighted by Gasteiger charge is -2.21. The van der Waals surface area contributed by atoms with Crippen molar-refractivity contribution in [3.05, 3.63) is 89.4 Å². The van der Waals surface area contributed by atoms with E-state index in [0.29, 0.717) is 17.3 Å². The predicted molar refractivity (Wildman–Crippen MR) is 123 cm³/mol. The highest BCUT2D eigenvalue weighted by Crippen LogP contribution is 2.22. The van der Waals surface area contributed by atoms with E-state index < -0.39 is 28.5 Å². The first-order valence-corrected chi connectivity index (χ1v) is 11.6. The Balaban J connectivity index is 1.73. The van der Waals surface area contributed by atoms with E-state index in [1.807, 2.05) is 13.0 Å². The van der Waals surface area contributed by atoms with Gasteiger partial charge in [0.25, 0.3) is 15.9 Å². The maximum Gasteiger partial charge on any atom is 0.340 e. The topological polar surface area (TPSA) is 92.8 Å². The minimum Gasteiger partial charge on any atom is -0.452 e. The third kappa shape index (κ3) is 5.66. The van der Waals surface area contributed by atoms with E-state index in [1.54, 1.807) is 36.4 Å². The van der Waals surface area contributed by atoms with Crippen LogP contribution < -0.4 is 9.62 Å². The molecule has 7 nitrogen and oxygen atoms in total. The Bertz CT molecular complexity index is 1200. The van der Waals surface area contributed by atoms with Gasteiger partial charge in [0.1, 0.15) is 0 Å². The molecule has 32 heavy (non-hydrogen) atoms. The fourth-order valence-electron chi connectivity index (χ4n) is 2.96. The standard InChI is InChI=1S/C23H21ClN2O5S/c1-2-26(18-8-4-3-5-9-18)22(27)16-31-23(28)20-10-6-7-11-21(20)25-32(29,30)19-14-12-17(24)13-15-19/h3-15,25H,2,16H2,1H3. The summed E-state index contributed by atoms with van der Waals surface area (Å²) in [4.78, 5) is 26.7. The second kappa shape index (κ2) is 10.3. The number of anilines is 2. The first-order valence-electron chi connectivity index (χ1n) is 9.72. The van der Waals surface area contributed by atoms with Crippen molar-refractivity contribution < 1.29 is 22.7 Å². The van der Waals surface area contributed by atoms with Crippen LogP contribution in [-0.2, 0) is 19.6 Å². The minimum atomic E-state index is -3.96. The summed E-state index contributed by atoms with van der Waals surface area (Å²) >= 11 is 5.81. The van der Waals surface area contributed by atoms with Crippen LogP contribution in [0.4, 0.5) is 11.4 Å². The summed E-state index contributed by atoms with van der Waals surface area (Å²) in [5.74, 6) is -1.22. The van der Waals surface area contributed by atoms with Gasteiger partial charge in [-0.3, -0.25) is 9.52 Å². The zero-order valence-corrected chi connectivity index (χ0v) is 18.8. The summed E-state index contributed by atoms with van der Waals surface area (Å²) < 4.78 is 32.9. The van der Waals surface area contributed by atoms with Crippen molar-refractivity contribution in [2.75, 3.05) is 22.8 Å². The molecule has 1 N–H and O–H groups in total. The second-order valence-corrected chi connectivity index (χ2v) is 8.77. The number of carbonyl (C=O) groups is 2. The first-order chi connectivity index (χ1) is 15.3. The molecule has 3 aromatic carbocycles. The molecule has 0 spiro atoms. The monoisotopic (exact) mass is 472 g/mol. The SMILES string of the molecule is CCN(C(=O)COC(=O)c1ccccc1NS(=O)(=O)c1ccc(Cl)cc1)c1ccccc1. The maximum atomic E-state index is 12.7. The number of ether oxygens (including phenoxy) is 1. The van der Waals surface area contributed by atoms with Crippen LogP contribution >= 0.6 is 11.6 Å². The summed E-state index contributed by atoms with van der Waals surface area (Å²) in [6.45, 7) is 1.73. The molecular formula is C23H21ClN2O5S. The van der Waals surface area contributed by atoms with Gasteiger partial charge in [-0.15, -0.1) is 0 Å². The Morgan fingerprint density at radius 3 is 2.22 bits per heavy atom. The molecule has 0 aromatic heterocycles. The average molecular weight is 473 g/mol. The number of halogens is 1. The van der Waals surface area contributed by atoms with E-state index in [-0.39, 0.29) is 16.1 Å². The van der Waals surface area contributed by atoms with Crippen LogP contribution in [-0.4, -0.2) is 33.4 Å². The zero-order valence-electron chi connectivity index (χ0n) is 17.2. The number of para-hydroxylation sites is 2. The fourth-order valence-corrected chi connectivity index (χ4v) is 4.17. The molecule has 0 unspecified atom stereocenters. The summed E-state index contributed by atoms with van der Waals surface area (Å²) in [7, 11) is -3.96. The Kier molecular flexibility index (Phi) is 7.50. The summed E-state index contributed by atoms with van der Waals surface area (Å²) in [5, 5.41) is 0.397. The van der Waals surface area contributed by atoms with E-state index in [1.165, 1.54) is 41.3 Å². The molecule has 0 fully saturated rings. The van der Waals surface area contributed by atoms with Gasteiger partial charge in [0.15, 0.2) is 6.61 Å². The number of nitrogens with one attached hydrogen (secondary N) is 1. The van der Waals surface area contributed by atoms with Crippen LogP contribution in [0.15, 0.2) is 83.8 Å². The smallest absolute Gasteiger partial charge is 0.340 e. The van der Waals surface area contributed by atoms with E-state index >= 15 is 0 Å². The van der Waals surface area contributed by atoms with Crippen LogP contribution in [0.5, 0.6) is 0 Å². The molecule has 0 heterocycles. The van der Waals surface area contributed by atoms with Crippen molar-refractivity contribution in [2.24, 2.45) is 0 Å². The lowest BCUT2D eigenvalue weighted by atomic mass is 10.2. The molecule has 9 heteroatoms. The zero-order chi connectivity index (χ0) is 23.1. The molecule has 3 aromatic rings. The third-order valence-electron chi connectivity index (χ3n) is 4.53. The highest BCUT2D eigenvalue weighted by molar-refractivity contribution is 7.92. The molecule has 3 rings (SSSR count). The Labute approximate surface area is 191 Å². The molecule has 0 saturated heterocycles. The van der Waals surface area contributed by atoms with Gasteiger partial charge in [-0.2, -0.15) is 0 Å². The minimum absolute atomic E-state index is 0.0123. The van der Waals surface area contributed by atoms with Gasteiger partial charge in [-0.25, -0.2) is 13.2 Å². The number of nitrogens with zero attached hydrogens (tertiary/aromatic N) is 1. The summed E-state index contributed by atoms with van der Waals surface area (Å²) in [6, 6.07) is 20.6. The normalized spacial score (nSPS) is 10.9. The Morgan fingerprint density at radius 2 is 1.56 bits per heavy atom. The maximum absolute atomic E-state index is 12.7. The fraction of sp³-hybridized carbons (Fsp3) is 0.130. The van der Waals surface area contributed by atoms with E-state index in [2.05, 4.69) is 4.72 Å². The second-order valence-electron chi connectivity index (χ2n) is 6.65. The number of sulfonamides is 1. The van der Waals surface area contributed by atoms with E-state index in [0.717, 1.165) is 0 Å². The Morgan fingerprint density at radius 1 is 0.938 bits per heavy atom. The van der Waals surface area contributed by atoms with Crippen molar-refractivity contribution in [3.8, 4) is 0 Å². The van der Waals surface area contributed by atoms with Crippen LogP contribution in [0.25, 0.3) is 0 Å². The van der Waals surface area contributed by atoms with Gasteiger partial charge < -0.3 is 9.64 Å². The number of carbonyl (C=O) groups excluding carboxylic acids is 2. The number of rotatable bonds is 8. The molecule has 0 aliphatic rings. The van der Waals surface area contributed by atoms with Crippen LogP contribution in [0, 0.1) is 0 Å².